The monoisotopic (exact) mass is 419 g/mol. The maximum atomic E-state index is 12.8. The first-order valence-electron chi connectivity index (χ1n) is 10.6. The van der Waals surface area contributed by atoms with Crippen LogP contribution in [0.1, 0.15) is 38.1 Å². The second-order valence-electron chi connectivity index (χ2n) is 8.84. The van der Waals surface area contributed by atoms with Gasteiger partial charge in [-0.25, -0.2) is 4.98 Å². The van der Waals surface area contributed by atoms with Gasteiger partial charge in [0.15, 0.2) is 0 Å². The molecule has 1 aliphatic rings. The summed E-state index contributed by atoms with van der Waals surface area (Å²) in [6.07, 6.45) is 5.81. The molecule has 0 bridgehead atoms. The van der Waals surface area contributed by atoms with Gasteiger partial charge in [-0.2, -0.15) is 0 Å². The van der Waals surface area contributed by atoms with Crippen molar-refractivity contribution < 1.29 is 4.79 Å². The maximum Gasteiger partial charge on any atom is 0.224 e. The van der Waals surface area contributed by atoms with Crippen LogP contribution in [-0.4, -0.2) is 34.4 Å². The van der Waals surface area contributed by atoms with Crippen LogP contribution in [0.2, 0.25) is 0 Å². The highest BCUT2D eigenvalue weighted by Gasteiger charge is 2.34. The van der Waals surface area contributed by atoms with Gasteiger partial charge >= 0.3 is 0 Å². The molecule has 0 aliphatic carbocycles. The number of rotatable bonds is 6. The maximum absolute atomic E-state index is 12.8. The van der Waals surface area contributed by atoms with Crippen molar-refractivity contribution in [2.75, 3.05) is 23.8 Å². The van der Waals surface area contributed by atoms with Crippen molar-refractivity contribution in [2.45, 2.75) is 33.1 Å². The third-order valence-electron chi connectivity index (χ3n) is 5.79. The second kappa shape index (κ2) is 8.73. The van der Waals surface area contributed by atoms with E-state index in [4.69, 9.17) is 4.98 Å². The Morgan fingerprint density at radius 1 is 1.27 bits per heavy atom. The number of allylic oxidation sites excluding steroid dienone is 1. The molecule has 1 fully saturated rings. The standard InChI is InChI=1S/C25H30N3OP/c1-4-30-16-18(2)14-25(3,17-30)15-24(29)26-20-10-11-21-22(13-20)28-23(27-21)12-19-8-6-5-7-9-19/h5-11,13H,2,4,12,14-17H2,1,3H3,(H,26,29)(H,27,28). The number of anilines is 1. The van der Waals surface area contributed by atoms with Gasteiger partial charge in [0.05, 0.1) is 11.0 Å². The summed E-state index contributed by atoms with van der Waals surface area (Å²) in [6.45, 7) is 8.74. The van der Waals surface area contributed by atoms with E-state index in [2.05, 4.69) is 42.9 Å². The number of H-pyrrole nitrogens is 1. The molecule has 0 saturated carbocycles. The summed E-state index contributed by atoms with van der Waals surface area (Å²) in [4.78, 5) is 20.9. The lowest BCUT2D eigenvalue weighted by atomic mass is 9.82. The number of hydrogen-bond donors (Lipinski definition) is 2. The van der Waals surface area contributed by atoms with E-state index >= 15 is 0 Å². The Hall–Kier alpha value is -2.45. The van der Waals surface area contributed by atoms with Gasteiger partial charge in [0, 0.05) is 18.5 Å². The van der Waals surface area contributed by atoms with Crippen molar-refractivity contribution in [2.24, 2.45) is 5.41 Å². The highest BCUT2D eigenvalue weighted by atomic mass is 31.1. The van der Waals surface area contributed by atoms with Crippen LogP contribution in [0.3, 0.4) is 0 Å². The van der Waals surface area contributed by atoms with Gasteiger partial charge in [-0.05, 0) is 54.1 Å². The topological polar surface area (TPSA) is 57.8 Å². The Labute approximate surface area is 179 Å². The van der Waals surface area contributed by atoms with Crippen molar-refractivity contribution in [1.82, 2.24) is 9.97 Å². The molecule has 5 heteroatoms. The van der Waals surface area contributed by atoms with Crippen LogP contribution in [0.25, 0.3) is 11.0 Å². The summed E-state index contributed by atoms with van der Waals surface area (Å²) in [6, 6.07) is 16.2. The number of imidazole rings is 1. The summed E-state index contributed by atoms with van der Waals surface area (Å²) < 4.78 is 0. The molecule has 2 atom stereocenters. The van der Waals surface area contributed by atoms with Crippen LogP contribution in [0.4, 0.5) is 5.69 Å². The fraction of sp³-hybridized carbons (Fsp3) is 0.360. The molecule has 2 unspecified atom stereocenters. The van der Waals surface area contributed by atoms with Crippen LogP contribution in [-0.2, 0) is 11.2 Å². The number of aromatic amines is 1. The third-order valence-corrected chi connectivity index (χ3v) is 8.79. The van der Waals surface area contributed by atoms with E-state index < -0.39 is 0 Å². The quantitative estimate of drug-likeness (QED) is 0.383. The fourth-order valence-corrected chi connectivity index (χ4v) is 7.18. The predicted molar refractivity (Wildman–Crippen MR) is 128 cm³/mol. The first-order chi connectivity index (χ1) is 14.4. The number of fused-ring (bicyclic) bond motifs is 1. The molecule has 2 heterocycles. The van der Waals surface area contributed by atoms with Gasteiger partial charge in [0.2, 0.25) is 5.91 Å². The van der Waals surface area contributed by atoms with E-state index in [1.165, 1.54) is 23.5 Å². The fourth-order valence-electron chi connectivity index (χ4n) is 4.57. The highest BCUT2D eigenvalue weighted by Crippen LogP contribution is 2.52. The van der Waals surface area contributed by atoms with E-state index in [1.807, 2.05) is 36.4 Å². The lowest BCUT2D eigenvalue weighted by Crippen LogP contribution is -2.32. The van der Waals surface area contributed by atoms with Crippen LogP contribution in [0.15, 0.2) is 60.7 Å². The zero-order valence-corrected chi connectivity index (χ0v) is 18.8. The van der Waals surface area contributed by atoms with Crippen molar-refractivity contribution >= 4 is 30.5 Å². The average Bonchev–Trinajstić information content (AvgIpc) is 3.08. The minimum Gasteiger partial charge on any atom is -0.342 e. The second-order valence-corrected chi connectivity index (χ2v) is 11.5. The molecule has 2 N–H and O–H groups in total. The summed E-state index contributed by atoms with van der Waals surface area (Å²) in [5.41, 5.74) is 5.24. The first-order valence-corrected chi connectivity index (χ1v) is 12.5. The molecule has 1 aliphatic heterocycles. The minimum atomic E-state index is -0.0224. The Morgan fingerprint density at radius 2 is 2.07 bits per heavy atom. The molecule has 1 aromatic heterocycles. The zero-order chi connectivity index (χ0) is 21.1. The third kappa shape index (κ3) is 4.99. The van der Waals surface area contributed by atoms with Gasteiger partial charge in [-0.3, -0.25) is 4.79 Å². The van der Waals surface area contributed by atoms with E-state index in [9.17, 15) is 4.79 Å². The summed E-state index contributed by atoms with van der Waals surface area (Å²) in [7, 11) is -0.0224. The number of aromatic nitrogens is 2. The summed E-state index contributed by atoms with van der Waals surface area (Å²) in [5, 5.41) is 3.10. The van der Waals surface area contributed by atoms with Gasteiger partial charge in [-0.1, -0.05) is 56.3 Å². The molecule has 1 saturated heterocycles. The van der Waals surface area contributed by atoms with Crippen LogP contribution < -0.4 is 5.32 Å². The van der Waals surface area contributed by atoms with Crippen molar-refractivity contribution in [1.29, 1.82) is 0 Å². The molecule has 30 heavy (non-hydrogen) atoms. The molecule has 0 radical (unpaired) electrons. The lowest BCUT2D eigenvalue weighted by molar-refractivity contribution is -0.118. The van der Waals surface area contributed by atoms with Crippen LogP contribution in [0, 0.1) is 5.41 Å². The number of nitrogens with zero attached hydrogens (tertiary/aromatic N) is 1. The first kappa shape index (κ1) is 20.8. The minimum absolute atomic E-state index is 0.0224. The predicted octanol–water partition coefficient (Wildman–Crippen LogP) is 5.95. The lowest BCUT2D eigenvalue weighted by Gasteiger charge is -2.39. The molecule has 3 aromatic rings. The molecule has 0 spiro atoms. The Kier molecular flexibility index (Phi) is 6.06. The van der Waals surface area contributed by atoms with Gasteiger partial charge in [0.1, 0.15) is 5.82 Å². The van der Waals surface area contributed by atoms with Gasteiger partial charge in [0.25, 0.3) is 0 Å². The zero-order valence-electron chi connectivity index (χ0n) is 17.9. The molecule has 4 rings (SSSR count). The molecule has 4 nitrogen and oxygen atoms in total. The molecule has 1 amide bonds. The molecular formula is C25H30N3OP. The average molecular weight is 420 g/mol. The van der Waals surface area contributed by atoms with Crippen molar-refractivity contribution in [3.8, 4) is 0 Å². The summed E-state index contributed by atoms with van der Waals surface area (Å²) in [5.74, 6) is 1.01. The highest BCUT2D eigenvalue weighted by molar-refractivity contribution is 7.58. The normalized spacial score (nSPS) is 21.7. The van der Waals surface area contributed by atoms with Gasteiger partial charge in [-0.15, -0.1) is 7.92 Å². The molecule has 156 valence electrons. The number of benzene rings is 2. The van der Waals surface area contributed by atoms with E-state index in [-0.39, 0.29) is 19.2 Å². The summed E-state index contributed by atoms with van der Waals surface area (Å²) >= 11 is 0. The SMILES string of the molecule is C=C1CP(CC)CC(C)(CC(=O)Nc2ccc3[nH]c(Cc4ccccc4)nc3c2)C1. The smallest absolute Gasteiger partial charge is 0.224 e. The Morgan fingerprint density at radius 3 is 2.83 bits per heavy atom. The van der Waals surface area contributed by atoms with E-state index in [0.29, 0.717) is 6.42 Å². The number of amides is 1. The van der Waals surface area contributed by atoms with E-state index in [1.54, 1.807) is 0 Å². The van der Waals surface area contributed by atoms with Gasteiger partial charge < -0.3 is 10.3 Å². The van der Waals surface area contributed by atoms with Crippen LogP contribution >= 0.6 is 7.92 Å². The number of carbonyl (C=O) groups is 1. The number of nitrogens with one attached hydrogen (secondary N) is 2. The Balaban J connectivity index is 1.43. The molecular weight excluding hydrogens is 389 g/mol. The Bertz CT molecular complexity index is 1060. The van der Waals surface area contributed by atoms with E-state index in [0.717, 1.165) is 41.5 Å². The number of carbonyl (C=O) groups excluding carboxylic acids is 1. The largest absolute Gasteiger partial charge is 0.342 e. The van der Waals surface area contributed by atoms with Crippen molar-refractivity contribution in [3.63, 3.8) is 0 Å². The number of hydrogen-bond acceptors (Lipinski definition) is 2. The van der Waals surface area contributed by atoms with Crippen LogP contribution in [0.5, 0.6) is 0 Å². The van der Waals surface area contributed by atoms with Crippen molar-refractivity contribution in [3.05, 3.63) is 72.1 Å². The molecule has 2 aromatic carbocycles.